The molecule has 5 nitrogen and oxygen atoms in total. The number of aromatic nitrogens is 2. The number of nitrogens with one attached hydrogen (secondary N) is 2. The van der Waals surface area contributed by atoms with Crippen molar-refractivity contribution in [1.82, 2.24) is 15.5 Å². The van der Waals surface area contributed by atoms with E-state index in [4.69, 9.17) is 0 Å². The molecule has 0 aliphatic heterocycles. The zero-order chi connectivity index (χ0) is 17.9. The number of rotatable bonds is 5. The lowest BCUT2D eigenvalue weighted by Crippen LogP contribution is -2.34. The number of carbonyl (C=O) groups is 1. The molecule has 1 aliphatic carbocycles. The van der Waals surface area contributed by atoms with Gasteiger partial charge in [0.05, 0.1) is 0 Å². The van der Waals surface area contributed by atoms with Gasteiger partial charge in [-0.1, -0.05) is 18.9 Å². The first-order chi connectivity index (χ1) is 12.1. The maximum atomic E-state index is 14.3. The van der Waals surface area contributed by atoms with Crippen LogP contribution in [0.2, 0.25) is 0 Å². The first-order valence-electron chi connectivity index (χ1n) is 8.30. The lowest BCUT2D eigenvalue weighted by atomic mass is 9.78. The standard InChI is InChI=1S/C18H20F2N4O/c1-21-17(25)14-7-8-15(24-23-14)22-11-18(9-2-3-10-18)16-12(19)5-4-6-13(16)20/h4-8H,2-3,9-11H2,1H3,(H,21,25)(H,22,24). The van der Waals surface area contributed by atoms with Crippen molar-refractivity contribution in [3.8, 4) is 0 Å². The topological polar surface area (TPSA) is 66.9 Å². The van der Waals surface area contributed by atoms with E-state index in [9.17, 15) is 13.6 Å². The predicted molar refractivity (Wildman–Crippen MR) is 90.4 cm³/mol. The Hall–Kier alpha value is -2.57. The lowest BCUT2D eigenvalue weighted by molar-refractivity contribution is 0.0957. The Morgan fingerprint density at radius 3 is 2.36 bits per heavy atom. The number of benzene rings is 1. The minimum Gasteiger partial charge on any atom is -0.368 e. The van der Waals surface area contributed by atoms with Crippen LogP contribution in [-0.2, 0) is 5.41 Å². The molecular weight excluding hydrogens is 326 g/mol. The Morgan fingerprint density at radius 1 is 1.12 bits per heavy atom. The van der Waals surface area contributed by atoms with E-state index in [1.165, 1.54) is 25.2 Å². The minimum atomic E-state index is -0.601. The molecule has 1 fully saturated rings. The fourth-order valence-corrected chi connectivity index (χ4v) is 3.51. The number of hydrogen-bond acceptors (Lipinski definition) is 4. The summed E-state index contributed by atoms with van der Waals surface area (Å²) in [5.74, 6) is -0.870. The van der Waals surface area contributed by atoms with E-state index in [2.05, 4.69) is 20.8 Å². The number of hydrogen-bond donors (Lipinski definition) is 2. The summed E-state index contributed by atoms with van der Waals surface area (Å²) in [5.41, 5.74) is -0.241. The maximum Gasteiger partial charge on any atom is 0.271 e. The predicted octanol–water partition coefficient (Wildman–Crippen LogP) is 3.04. The Morgan fingerprint density at radius 2 is 1.80 bits per heavy atom. The van der Waals surface area contributed by atoms with E-state index in [0.717, 1.165) is 12.8 Å². The van der Waals surface area contributed by atoms with Crippen LogP contribution in [0.25, 0.3) is 0 Å². The molecule has 0 saturated heterocycles. The lowest BCUT2D eigenvalue weighted by Gasteiger charge is -2.30. The van der Waals surface area contributed by atoms with E-state index >= 15 is 0 Å². The first-order valence-corrected chi connectivity index (χ1v) is 8.30. The highest BCUT2D eigenvalue weighted by atomic mass is 19.1. The largest absolute Gasteiger partial charge is 0.368 e. The first kappa shape index (κ1) is 17.3. The zero-order valence-electron chi connectivity index (χ0n) is 14.0. The molecule has 7 heteroatoms. The number of nitrogens with zero attached hydrogens (tertiary/aromatic N) is 2. The molecule has 0 atom stereocenters. The summed E-state index contributed by atoms with van der Waals surface area (Å²) in [6.07, 6.45) is 3.27. The van der Waals surface area contributed by atoms with Crippen LogP contribution in [0.1, 0.15) is 41.7 Å². The quantitative estimate of drug-likeness (QED) is 0.873. The molecule has 1 aromatic heterocycles. The summed E-state index contributed by atoms with van der Waals surface area (Å²) < 4.78 is 28.6. The van der Waals surface area contributed by atoms with Crippen LogP contribution in [0.3, 0.4) is 0 Å². The van der Waals surface area contributed by atoms with Gasteiger partial charge in [-0.2, -0.15) is 0 Å². The third-order valence-corrected chi connectivity index (χ3v) is 4.79. The van der Waals surface area contributed by atoms with Crippen molar-refractivity contribution in [3.63, 3.8) is 0 Å². The molecular formula is C18H20F2N4O. The van der Waals surface area contributed by atoms with Crippen molar-refractivity contribution in [2.24, 2.45) is 0 Å². The maximum absolute atomic E-state index is 14.3. The average molecular weight is 346 g/mol. The van der Waals surface area contributed by atoms with Crippen LogP contribution in [0.15, 0.2) is 30.3 Å². The average Bonchev–Trinajstić information content (AvgIpc) is 3.09. The van der Waals surface area contributed by atoms with Gasteiger partial charge < -0.3 is 10.6 Å². The molecule has 1 amide bonds. The molecule has 132 valence electrons. The smallest absolute Gasteiger partial charge is 0.271 e. The summed E-state index contributed by atoms with van der Waals surface area (Å²) in [5, 5.41) is 13.4. The summed E-state index contributed by atoms with van der Waals surface area (Å²) in [4.78, 5) is 11.5. The highest BCUT2D eigenvalue weighted by molar-refractivity contribution is 5.91. The molecule has 0 radical (unpaired) electrons. The van der Waals surface area contributed by atoms with Crippen LogP contribution in [0.4, 0.5) is 14.6 Å². The van der Waals surface area contributed by atoms with E-state index in [1.54, 1.807) is 12.1 Å². The zero-order valence-corrected chi connectivity index (χ0v) is 14.0. The summed E-state index contributed by atoms with van der Waals surface area (Å²) in [7, 11) is 1.52. The van der Waals surface area contributed by atoms with Crippen molar-refractivity contribution in [2.45, 2.75) is 31.1 Å². The second-order valence-electron chi connectivity index (χ2n) is 6.32. The van der Waals surface area contributed by atoms with Gasteiger partial charge in [-0.05, 0) is 37.1 Å². The Labute approximate surface area is 144 Å². The molecule has 0 unspecified atom stereocenters. The van der Waals surface area contributed by atoms with E-state index in [0.29, 0.717) is 25.2 Å². The summed E-state index contributed by atoms with van der Waals surface area (Å²) in [6, 6.07) is 7.18. The summed E-state index contributed by atoms with van der Waals surface area (Å²) in [6.45, 7) is 0.360. The van der Waals surface area contributed by atoms with E-state index < -0.39 is 17.0 Å². The second kappa shape index (κ2) is 7.13. The Bertz CT molecular complexity index is 738. The van der Waals surface area contributed by atoms with Crippen molar-refractivity contribution in [2.75, 3.05) is 18.9 Å². The number of halogens is 2. The molecule has 0 spiro atoms. The number of carbonyl (C=O) groups excluding carboxylic acids is 1. The Balaban J connectivity index is 1.80. The molecule has 2 aromatic rings. The van der Waals surface area contributed by atoms with Crippen LogP contribution >= 0.6 is 0 Å². The molecule has 0 bridgehead atoms. The van der Waals surface area contributed by atoms with Gasteiger partial charge in [0.2, 0.25) is 0 Å². The fraction of sp³-hybridized carbons (Fsp3) is 0.389. The van der Waals surface area contributed by atoms with Crippen molar-refractivity contribution >= 4 is 11.7 Å². The van der Waals surface area contributed by atoms with E-state index in [-0.39, 0.29) is 17.2 Å². The minimum absolute atomic E-state index is 0.148. The monoisotopic (exact) mass is 346 g/mol. The second-order valence-corrected chi connectivity index (χ2v) is 6.32. The number of amides is 1. The fourth-order valence-electron chi connectivity index (χ4n) is 3.51. The van der Waals surface area contributed by atoms with Crippen LogP contribution in [0, 0.1) is 11.6 Å². The molecule has 1 heterocycles. The highest BCUT2D eigenvalue weighted by Crippen LogP contribution is 2.43. The molecule has 1 aromatic carbocycles. The van der Waals surface area contributed by atoms with Crippen molar-refractivity contribution < 1.29 is 13.6 Å². The van der Waals surface area contributed by atoms with Gasteiger partial charge in [-0.15, -0.1) is 10.2 Å². The highest BCUT2D eigenvalue weighted by Gasteiger charge is 2.39. The van der Waals surface area contributed by atoms with Crippen LogP contribution in [-0.4, -0.2) is 29.7 Å². The molecule has 1 saturated carbocycles. The van der Waals surface area contributed by atoms with E-state index in [1.807, 2.05) is 0 Å². The third-order valence-electron chi connectivity index (χ3n) is 4.79. The van der Waals surface area contributed by atoms with Gasteiger partial charge in [0.25, 0.3) is 5.91 Å². The van der Waals surface area contributed by atoms with Gasteiger partial charge in [-0.3, -0.25) is 4.79 Å². The number of anilines is 1. The molecule has 2 N–H and O–H groups in total. The van der Waals surface area contributed by atoms with Crippen LogP contribution in [0.5, 0.6) is 0 Å². The van der Waals surface area contributed by atoms with Gasteiger partial charge in [0.1, 0.15) is 17.5 Å². The van der Waals surface area contributed by atoms with Gasteiger partial charge in [0.15, 0.2) is 5.69 Å². The van der Waals surface area contributed by atoms with Gasteiger partial charge >= 0.3 is 0 Å². The van der Waals surface area contributed by atoms with Crippen LogP contribution < -0.4 is 10.6 Å². The van der Waals surface area contributed by atoms with Gasteiger partial charge in [0, 0.05) is 24.6 Å². The summed E-state index contributed by atoms with van der Waals surface area (Å²) >= 11 is 0. The van der Waals surface area contributed by atoms with Crippen molar-refractivity contribution in [3.05, 3.63) is 53.2 Å². The van der Waals surface area contributed by atoms with Gasteiger partial charge in [-0.25, -0.2) is 8.78 Å². The third kappa shape index (κ3) is 3.45. The SMILES string of the molecule is CNC(=O)c1ccc(NCC2(c3c(F)cccc3F)CCCC2)nn1. The molecule has 25 heavy (non-hydrogen) atoms. The Kier molecular flexibility index (Phi) is 4.92. The van der Waals surface area contributed by atoms with Crippen molar-refractivity contribution in [1.29, 1.82) is 0 Å². The molecule has 3 rings (SSSR count). The normalized spacial score (nSPS) is 15.8. The molecule has 1 aliphatic rings.